The summed E-state index contributed by atoms with van der Waals surface area (Å²) in [7, 11) is 0. The van der Waals surface area contributed by atoms with Gasteiger partial charge in [-0.15, -0.1) is 0 Å². The number of carboxylic acid groups (broad SMARTS) is 1. The van der Waals surface area contributed by atoms with E-state index in [1.807, 2.05) is 0 Å². The van der Waals surface area contributed by atoms with E-state index in [0.29, 0.717) is 0 Å². The molecule has 0 heterocycles. The van der Waals surface area contributed by atoms with Crippen molar-refractivity contribution in [3.63, 3.8) is 0 Å². The number of rotatable bonds is 1. The largest absolute Gasteiger partial charge is 0.481 e. The fraction of sp³-hybridized carbons (Fsp3) is 0.400. The van der Waals surface area contributed by atoms with E-state index < -0.39 is 5.97 Å². The predicted molar refractivity (Wildman–Crippen MR) is 52.5 cm³/mol. The van der Waals surface area contributed by atoms with E-state index in [1.165, 1.54) is 0 Å². The third kappa shape index (κ3) is 2470. The SMILES string of the molecule is CC(=O)O.N=C(N)N.NC(=O)CS. The number of thiol groups is 1. The molecule has 0 saturated carbocycles. The summed E-state index contributed by atoms with van der Waals surface area (Å²) in [5, 5.41) is 13.5. The summed E-state index contributed by atoms with van der Waals surface area (Å²) in [5.41, 5.74) is 13.5. The molecule has 7 nitrogen and oxygen atoms in total. The maximum absolute atomic E-state index is 9.51. The molecule has 1 amide bonds. The van der Waals surface area contributed by atoms with Crippen molar-refractivity contribution in [2.24, 2.45) is 17.2 Å². The number of carboxylic acids is 1. The van der Waals surface area contributed by atoms with Crippen molar-refractivity contribution in [3.8, 4) is 0 Å². The Hall–Kier alpha value is -1.44. The first-order valence-electron chi connectivity index (χ1n) is 2.92. The Bertz CT molecular complexity index is 153. The zero-order chi connectivity index (χ0) is 11.4. The van der Waals surface area contributed by atoms with E-state index in [0.717, 1.165) is 6.92 Å². The van der Waals surface area contributed by atoms with Crippen molar-refractivity contribution in [2.75, 3.05) is 5.75 Å². The normalized spacial score (nSPS) is 6.62. The summed E-state index contributed by atoms with van der Waals surface area (Å²) in [6, 6.07) is 0. The van der Waals surface area contributed by atoms with E-state index in [2.05, 4.69) is 29.8 Å². The lowest BCUT2D eigenvalue weighted by atomic mass is 10.8. The second-order valence-corrected chi connectivity index (χ2v) is 1.92. The van der Waals surface area contributed by atoms with Gasteiger partial charge in [-0.05, 0) is 0 Å². The summed E-state index contributed by atoms with van der Waals surface area (Å²) < 4.78 is 0. The number of nitrogens with one attached hydrogen (secondary N) is 1. The summed E-state index contributed by atoms with van der Waals surface area (Å²) >= 11 is 3.54. The lowest BCUT2D eigenvalue weighted by Gasteiger charge is -1.72. The first-order valence-corrected chi connectivity index (χ1v) is 3.55. The zero-order valence-electron chi connectivity index (χ0n) is 7.15. The summed E-state index contributed by atoms with van der Waals surface area (Å²) in [4.78, 5) is 18.5. The number of hydrogen-bond acceptors (Lipinski definition) is 4. The average molecular weight is 210 g/mol. The van der Waals surface area contributed by atoms with Crippen LogP contribution in [0.3, 0.4) is 0 Å². The molecule has 8 N–H and O–H groups in total. The minimum absolute atomic E-state index is 0.139. The summed E-state index contributed by atoms with van der Waals surface area (Å²) in [6.07, 6.45) is 0. The Labute approximate surface area is 81.2 Å². The highest BCUT2D eigenvalue weighted by Crippen LogP contribution is 1.63. The van der Waals surface area contributed by atoms with Crippen LogP contribution in [0.25, 0.3) is 0 Å². The molecule has 0 fully saturated rings. The Morgan fingerprint density at radius 2 is 1.46 bits per heavy atom. The molecule has 0 atom stereocenters. The first kappa shape index (κ1) is 17.6. The minimum Gasteiger partial charge on any atom is -0.481 e. The highest BCUT2D eigenvalue weighted by atomic mass is 32.1. The molecule has 0 aliphatic heterocycles. The van der Waals surface area contributed by atoms with Gasteiger partial charge in [0, 0.05) is 6.92 Å². The van der Waals surface area contributed by atoms with Crippen LogP contribution in [0, 0.1) is 5.41 Å². The van der Waals surface area contributed by atoms with Crippen LogP contribution in [0.1, 0.15) is 6.92 Å². The van der Waals surface area contributed by atoms with Gasteiger partial charge in [0.25, 0.3) is 5.97 Å². The molecule has 0 bridgehead atoms. The van der Waals surface area contributed by atoms with Gasteiger partial charge in [0.05, 0.1) is 5.75 Å². The Balaban J connectivity index is -0.000000117. The van der Waals surface area contributed by atoms with Crippen molar-refractivity contribution in [2.45, 2.75) is 6.92 Å². The molecule has 0 rings (SSSR count). The molecular weight excluding hydrogens is 196 g/mol. The van der Waals surface area contributed by atoms with E-state index in [9.17, 15) is 4.79 Å². The Morgan fingerprint density at radius 1 is 1.38 bits per heavy atom. The molecular formula is C5H14N4O3S. The molecule has 8 heteroatoms. The van der Waals surface area contributed by atoms with Gasteiger partial charge < -0.3 is 22.3 Å². The third-order valence-corrected chi connectivity index (χ3v) is 0.468. The molecule has 0 aromatic heterocycles. The topological polar surface area (TPSA) is 156 Å². The predicted octanol–water partition coefficient (Wildman–Crippen LogP) is -1.67. The van der Waals surface area contributed by atoms with E-state index in [-0.39, 0.29) is 17.6 Å². The number of guanidine groups is 1. The van der Waals surface area contributed by atoms with Gasteiger partial charge in [0.1, 0.15) is 0 Å². The number of hydrogen-bond donors (Lipinski definition) is 6. The quantitative estimate of drug-likeness (QED) is 0.173. The number of primary amides is 1. The molecule has 78 valence electrons. The molecule has 0 aromatic rings. The van der Waals surface area contributed by atoms with Crippen LogP contribution in [0.2, 0.25) is 0 Å². The smallest absolute Gasteiger partial charge is 0.300 e. The van der Waals surface area contributed by atoms with Crippen LogP contribution in [-0.4, -0.2) is 28.7 Å². The lowest BCUT2D eigenvalue weighted by molar-refractivity contribution is -0.134. The molecule has 13 heavy (non-hydrogen) atoms. The van der Waals surface area contributed by atoms with Gasteiger partial charge in [-0.1, -0.05) is 0 Å². The summed E-state index contributed by atoms with van der Waals surface area (Å²) in [6.45, 7) is 1.08. The molecule has 0 aromatic carbocycles. The fourth-order valence-corrected chi connectivity index (χ4v) is 0. The minimum atomic E-state index is -0.833. The Kier molecular flexibility index (Phi) is 17.8. The fourth-order valence-electron chi connectivity index (χ4n) is 0. The second-order valence-electron chi connectivity index (χ2n) is 1.60. The van der Waals surface area contributed by atoms with Gasteiger partial charge in [-0.3, -0.25) is 15.0 Å². The standard InChI is InChI=1S/C2H5NOS.C2H4O2.CH5N3/c3-2(4)1-5;1-2(3)4;2-1(3)4/h5H,1H2,(H2,3,4);1H3,(H,3,4);(H5,2,3,4). The highest BCUT2D eigenvalue weighted by Gasteiger charge is 1.78. The maximum Gasteiger partial charge on any atom is 0.300 e. The van der Waals surface area contributed by atoms with Crippen molar-refractivity contribution >= 4 is 30.5 Å². The van der Waals surface area contributed by atoms with Crippen molar-refractivity contribution in [3.05, 3.63) is 0 Å². The van der Waals surface area contributed by atoms with Gasteiger partial charge in [0.2, 0.25) is 5.91 Å². The summed E-state index contributed by atoms with van der Waals surface area (Å²) in [5.74, 6) is -1.41. The van der Waals surface area contributed by atoms with Crippen LogP contribution in [0.15, 0.2) is 0 Å². The van der Waals surface area contributed by atoms with E-state index >= 15 is 0 Å². The number of nitrogens with two attached hydrogens (primary N) is 3. The molecule has 0 spiro atoms. The van der Waals surface area contributed by atoms with E-state index in [1.54, 1.807) is 0 Å². The van der Waals surface area contributed by atoms with Crippen molar-refractivity contribution < 1.29 is 14.7 Å². The van der Waals surface area contributed by atoms with Crippen molar-refractivity contribution in [1.29, 1.82) is 5.41 Å². The van der Waals surface area contributed by atoms with Crippen molar-refractivity contribution in [1.82, 2.24) is 0 Å². The molecule has 0 aliphatic rings. The van der Waals surface area contributed by atoms with Gasteiger partial charge >= 0.3 is 0 Å². The average Bonchev–Trinajstić information content (AvgIpc) is 1.84. The highest BCUT2D eigenvalue weighted by molar-refractivity contribution is 7.81. The molecule has 0 unspecified atom stereocenters. The Morgan fingerprint density at radius 3 is 1.46 bits per heavy atom. The van der Waals surface area contributed by atoms with Crippen LogP contribution in [0.5, 0.6) is 0 Å². The van der Waals surface area contributed by atoms with Gasteiger partial charge in [-0.2, -0.15) is 12.6 Å². The third-order valence-electron chi connectivity index (χ3n) is 0.156. The van der Waals surface area contributed by atoms with Gasteiger partial charge in [0.15, 0.2) is 5.96 Å². The second kappa shape index (κ2) is 13.2. The number of carbonyl (C=O) groups excluding carboxylic acids is 1. The van der Waals surface area contributed by atoms with Crippen LogP contribution in [-0.2, 0) is 9.59 Å². The molecule has 0 saturated heterocycles. The van der Waals surface area contributed by atoms with E-state index in [4.69, 9.17) is 15.3 Å². The van der Waals surface area contributed by atoms with Crippen LogP contribution >= 0.6 is 12.6 Å². The molecule has 0 radical (unpaired) electrons. The van der Waals surface area contributed by atoms with Crippen LogP contribution < -0.4 is 17.2 Å². The molecule has 0 aliphatic carbocycles. The monoisotopic (exact) mass is 210 g/mol. The number of carbonyl (C=O) groups is 2. The van der Waals surface area contributed by atoms with Gasteiger partial charge in [-0.25, -0.2) is 0 Å². The number of aliphatic carboxylic acids is 1. The van der Waals surface area contributed by atoms with Crippen LogP contribution in [0.4, 0.5) is 0 Å². The maximum atomic E-state index is 9.51. The first-order chi connectivity index (χ1) is 5.73. The number of amides is 1. The zero-order valence-corrected chi connectivity index (χ0v) is 8.04. The lowest BCUT2D eigenvalue weighted by Crippen LogP contribution is -2.20.